The lowest BCUT2D eigenvalue weighted by atomic mass is 10.1. The van der Waals surface area contributed by atoms with Crippen molar-refractivity contribution in [2.24, 2.45) is 0 Å². The van der Waals surface area contributed by atoms with Gasteiger partial charge in [0.25, 0.3) is 0 Å². The van der Waals surface area contributed by atoms with Crippen LogP contribution in [0.5, 0.6) is 5.75 Å². The van der Waals surface area contributed by atoms with E-state index in [0.717, 1.165) is 38.7 Å². The molecule has 25 heavy (non-hydrogen) atoms. The minimum absolute atomic E-state index is 0.0705. The molecule has 2 unspecified atom stereocenters. The highest BCUT2D eigenvalue weighted by atomic mass is 79.9. The fraction of sp³-hybridized carbons (Fsp3) is 0.263. The fourth-order valence-corrected chi connectivity index (χ4v) is 5.13. The van der Waals surface area contributed by atoms with Gasteiger partial charge in [-0.05, 0) is 64.0 Å². The minimum atomic E-state index is -0.875. The van der Waals surface area contributed by atoms with E-state index in [9.17, 15) is 4.21 Å². The van der Waals surface area contributed by atoms with Crippen molar-refractivity contribution >= 4 is 49.5 Å². The van der Waals surface area contributed by atoms with Gasteiger partial charge in [0.15, 0.2) is 0 Å². The zero-order valence-electron chi connectivity index (χ0n) is 14.0. The van der Waals surface area contributed by atoms with Crippen molar-refractivity contribution in [1.82, 2.24) is 0 Å². The van der Waals surface area contributed by atoms with Crippen LogP contribution in [0.15, 0.2) is 57.6 Å². The van der Waals surface area contributed by atoms with E-state index >= 15 is 0 Å². The topological polar surface area (TPSA) is 39.4 Å². The molecule has 0 aliphatic carbocycles. The average molecular weight is 439 g/mol. The van der Waals surface area contributed by atoms with Gasteiger partial charge in [-0.2, -0.15) is 0 Å². The molecule has 6 heteroatoms. The Bertz CT molecular complexity index is 891. The molecule has 0 bridgehead atoms. The second kappa shape index (κ2) is 8.43. The Kier molecular flexibility index (Phi) is 6.25. The summed E-state index contributed by atoms with van der Waals surface area (Å²) in [4.78, 5) is 0. The molecule has 0 spiro atoms. The van der Waals surface area contributed by atoms with Crippen molar-refractivity contribution < 1.29 is 13.4 Å². The summed E-state index contributed by atoms with van der Waals surface area (Å²) in [5.41, 5.74) is 2.99. The van der Waals surface area contributed by atoms with Gasteiger partial charge in [0, 0.05) is 22.4 Å². The number of thioether (sulfide) groups is 1. The molecule has 3 aromatic rings. The van der Waals surface area contributed by atoms with E-state index in [1.165, 1.54) is 0 Å². The van der Waals surface area contributed by atoms with Crippen LogP contribution in [0.1, 0.15) is 11.1 Å². The molecule has 3 nitrogen and oxygen atoms in total. The second-order valence-electron chi connectivity index (χ2n) is 5.68. The Morgan fingerprint density at radius 2 is 2.08 bits per heavy atom. The van der Waals surface area contributed by atoms with E-state index in [1.807, 2.05) is 42.7 Å². The summed E-state index contributed by atoms with van der Waals surface area (Å²) < 4.78 is 24.3. The number of rotatable bonds is 7. The molecule has 2 atom stereocenters. The van der Waals surface area contributed by atoms with Crippen LogP contribution < -0.4 is 4.74 Å². The van der Waals surface area contributed by atoms with Crippen molar-refractivity contribution in [3.05, 3.63) is 64.3 Å². The molecule has 0 radical (unpaired) electrons. The van der Waals surface area contributed by atoms with Gasteiger partial charge in [-0.15, -0.1) is 11.8 Å². The lowest BCUT2D eigenvalue weighted by Crippen LogP contribution is -2.13. The van der Waals surface area contributed by atoms with Crippen molar-refractivity contribution in [3.63, 3.8) is 0 Å². The molecule has 0 aliphatic heterocycles. The molecule has 0 N–H and O–H groups in total. The second-order valence-corrected chi connectivity index (χ2v) is 9.44. The highest BCUT2D eigenvalue weighted by molar-refractivity contribution is 9.10. The van der Waals surface area contributed by atoms with E-state index in [-0.39, 0.29) is 4.58 Å². The Morgan fingerprint density at radius 3 is 2.84 bits per heavy atom. The zero-order chi connectivity index (χ0) is 17.8. The maximum atomic E-state index is 11.8. The van der Waals surface area contributed by atoms with Gasteiger partial charge < -0.3 is 9.15 Å². The Morgan fingerprint density at radius 1 is 1.28 bits per heavy atom. The first kappa shape index (κ1) is 18.5. The fourth-order valence-electron chi connectivity index (χ4n) is 2.67. The van der Waals surface area contributed by atoms with Crippen LogP contribution in [-0.4, -0.2) is 21.3 Å². The molecule has 0 saturated heterocycles. The molecule has 1 aromatic heterocycles. The van der Waals surface area contributed by atoms with Crippen LogP contribution in [-0.2, 0) is 23.8 Å². The molecule has 132 valence electrons. The molecule has 2 aromatic carbocycles. The van der Waals surface area contributed by atoms with Gasteiger partial charge in [-0.1, -0.05) is 18.2 Å². The van der Waals surface area contributed by atoms with Crippen LogP contribution >= 0.6 is 27.7 Å². The van der Waals surface area contributed by atoms with E-state index < -0.39 is 10.8 Å². The quantitative estimate of drug-likeness (QED) is 0.495. The SMILES string of the molecule is CSC(Cc1ccccc1OCc1cc(Br)c2occc2c1)S(C)=O. The van der Waals surface area contributed by atoms with Gasteiger partial charge in [0.05, 0.1) is 15.3 Å². The number of benzene rings is 2. The smallest absolute Gasteiger partial charge is 0.148 e. The summed E-state index contributed by atoms with van der Waals surface area (Å²) in [5, 5.41) is 1.05. The summed E-state index contributed by atoms with van der Waals surface area (Å²) in [6, 6.07) is 14.0. The first-order chi connectivity index (χ1) is 12.1. The molecule has 0 saturated carbocycles. The third-order valence-electron chi connectivity index (χ3n) is 3.95. The van der Waals surface area contributed by atoms with Gasteiger partial charge >= 0.3 is 0 Å². The maximum Gasteiger partial charge on any atom is 0.148 e. The predicted octanol–water partition coefficient (Wildman–Crippen LogP) is 5.38. The van der Waals surface area contributed by atoms with Crippen LogP contribution in [0.25, 0.3) is 11.0 Å². The van der Waals surface area contributed by atoms with Crippen LogP contribution in [0, 0.1) is 0 Å². The Hall–Kier alpha value is -1.24. The monoisotopic (exact) mass is 438 g/mol. The molecule has 3 rings (SSSR count). The van der Waals surface area contributed by atoms with Crippen molar-refractivity contribution in [2.75, 3.05) is 12.5 Å². The van der Waals surface area contributed by atoms with Gasteiger partial charge in [0.1, 0.15) is 17.9 Å². The van der Waals surface area contributed by atoms with Gasteiger partial charge in [0.2, 0.25) is 0 Å². The normalized spacial score (nSPS) is 13.7. The predicted molar refractivity (Wildman–Crippen MR) is 110 cm³/mol. The van der Waals surface area contributed by atoms with Gasteiger partial charge in [-0.3, -0.25) is 4.21 Å². The largest absolute Gasteiger partial charge is 0.489 e. The molecular formula is C19H19BrO3S2. The Balaban J connectivity index is 1.77. The molecule has 0 amide bonds. The number of para-hydroxylation sites is 1. The number of fused-ring (bicyclic) bond motifs is 1. The van der Waals surface area contributed by atoms with Crippen LogP contribution in [0.2, 0.25) is 0 Å². The van der Waals surface area contributed by atoms with Crippen LogP contribution in [0.4, 0.5) is 0 Å². The first-order valence-corrected chi connectivity index (χ1v) is 11.5. The Labute approximate surface area is 162 Å². The van der Waals surface area contributed by atoms with Crippen molar-refractivity contribution in [3.8, 4) is 5.75 Å². The lowest BCUT2D eigenvalue weighted by Gasteiger charge is -2.15. The highest BCUT2D eigenvalue weighted by Crippen LogP contribution is 2.29. The van der Waals surface area contributed by atoms with Crippen LogP contribution in [0.3, 0.4) is 0 Å². The van der Waals surface area contributed by atoms with E-state index in [1.54, 1.807) is 24.3 Å². The standard InChI is InChI=1S/C19H19BrO3S2/c1-24-18(25(2)21)11-14-5-3-4-6-17(14)23-12-13-9-15-7-8-22-19(15)16(20)10-13/h3-10,18H,11-12H2,1-2H3. The minimum Gasteiger partial charge on any atom is -0.489 e. The van der Waals surface area contributed by atoms with E-state index in [0.29, 0.717) is 6.61 Å². The third kappa shape index (κ3) is 4.49. The van der Waals surface area contributed by atoms with E-state index in [4.69, 9.17) is 9.15 Å². The third-order valence-corrected chi connectivity index (χ3v) is 7.53. The maximum absolute atomic E-state index is 11.8. The van der Waals surface area contributed by atoms with E-state index in [2.05, 4.69) is 22.0 Å². The molecule has 0 aliphatic rings. The summed E-state index contributed by atoms with van der Waals surface area (Å²) in [7, 11) is -0.875. The number of ether oxygens (including phenoxy) is 1. The number of furan rings is 1. The summed E-state index contributed by atoms with van der Waals surface area (Å²) in [6.45, 7) is 0.468. The number of hydrogen-bond acceptors (Lipinski definition) is 4. The number of halogens is 1. The zero-order valence-corrected chi connectivity index (χ0v) is 17.2. The molecular weight excluding hydrogens is 420 g/mol. The van der Waals surface area contributed by atoms with Crippen molar-refractivity contribution in [1.29, 1.82) is 0 Å². The summed E-state index contributed by atoms with van der Waals surface area (Å²) in [5.74, 6) is 0.843. The van der Waals surface area contributed by atoms with Gasteiger partial charge in [-0.25, -0.2) is 0 Å². The first-order valence-electron chi connectivity index (χ1n) is 7.80. The molecule has 1 heterocycles. The lowest BCUT2D eigenvalue weighted by molar-refractivity contribution is 0.303. The average Bonchev–Trinajstić information content (AvgIpc) is 3.07. The number of hydrogen-bond donors (Lipinski definition) is 0. The molecule has 0 fully saturated rings. The summed E-state index contributed by atoms with van der Waals surface area (Å²) in [6.07, 6.45) is 6.16. The van der Waals surface area contributed by atoms with Crippen molar-refractivity contribution in [2.45, 2.75) is 17.6 Å². The summed E-state index contributed by atoms with van der Waals surface area (Å²) >= 11 is 5.17. The highest BCUT2D eigenvalue weighted by Gasteiger charge is 2.15.